The van der Waals surface area contributed by atoms with Crippen LogP contribution in [-0.2, 0) is 16.1 Å². The van der Waals surface area contributed by atoms with Crippen molar-refractivity contribution >= 4 is 11.6 Å². The third-order valence-electron chi connectivity index (χ3n) is 5.32. The molecule has 0 unspecified atom stereocenters. The Bertz CT molecular complexity index is 739. The first-order valence-electron chi connectivity index (χ1n) is 9.23. The molecule has 1 aliphatic heterocycles. The Balaban J connectivity index is 1.68. The average Bonchev–Trinajstić information content (AvgIpc) is 2.82. The highest BCUT2D eigenvalue weighted by Crippen LogP contribution is 2.33. The third kappa shape index (κ3) is 3.59. The van der Waals surface area contributed by atoms with Crippen molar-refractivity contribution in [3.63, 3.8) is 0 Å². The predicted molar refractivity (Wildman–Crippen MR) is 98.3 cm³/mol. The van der Waals surface area contributed by atoms with E-state index in [2.05, 4.69) is 29.2 Å². The SMILES string of the molecule is O=C1COCc2ccc(-c3cccnc3)cc2N1CC1CCCCC1. The Kier molecular flexibility index (Phi) is 4.79. The number of rotatable bonds is 3. The maximum atomic E-state index is 12.7. The molecule has 0 N–H and O–H groups in total. The Morgan fingerprint density at radius 3 is 2.76 bits per heavy atom. The molecular weight excluding hydrogens is 312 g/mol. The molecule has 2 aliphatic rings. The summed E-state index contributed by atoms with van der Waals surface area (Å²) >= 11 is 0. The third-order valence-corrected chi connectivity index (χ3v) is 5.32. The number of amides is 1. The van der Waals surface area contributed by atoms with Gasteiger partial charge in [0.05, 0.1) is 6.61 Å². The van der Waals surface area contributed by atoms with Gasteiger partial charge in [0.2, 0.25) is 0 Å². The molecular formula is C21H24N2O2. The van der Waals surface area contributed by atoms with Gasteiger partial charge in [-0.2, -0.15) is 0 Å². The minimum Gasteiger partial charge on any atom is -0.367 e. The van der Waals surface area contributed by atoms with Crippen LogP contribution in [0.15, 0.2) is 42.7 Å². The molecule has 25 heavy (non-hydrogen) atoms. The molecule has 1 aromatic heterocycles. The maximum Gasteiger partial charge on any atom is 0.253 e. The van der Waals surface area contributed by atoms with Crippen LogP contribution in [0.1, 0.15) is 37.7 Å². The molecule has 1 aliphatic carbocycles. The first-order chi connectivity index (χ1) is 12.3. The maximum absolute atomic E-state index is 12.7. The van der Waals surface area contributed by atoms with E-state index in [9.17, 15) is 4.79 Å². The molecule has 4 rings (SSSR count). The van der Waals surface area contributed by atoms with Crippen LogP contribution < -0.4 is 4.90 Å². The summed E-state index contributed by atoms with van der Waals surface area (Å²) in [5.74, 6) is 0.679. The first kappa shape index (κ1) is 16.3. The zero-order valence-electron chi connectivity index (χ0n) is 14.5. The molecule has 0 radical (unpaired) electrons. The molecule has 2 aromatic rings. The molecule has 1 aromatic carbocycles. The fourth-order valence-electron chi connectivity index (χ4n) is 3.94. The second kappa shape index (κ2) is 7.36. The van der Waals surface area contributed by atoms with Gasteiger partial charge in [-0.25, -0.2) is 0 Å². The molecule has 2 heterocycles. The Morgan fingerprint density at radius 2 is 1.96 bits per heavy atom. The number of ether oxygens (including phenoxy) is 1. The normalized spacial score (nSPS) is 18.7. The van der Waals surface area contributed by atoms with E-state index < -0.39 is 0 Å². The van der Waals surface area contributed by atoms with Crippen molar-refractivity contribution in [1.82, 2.24) is 4.98 Å². The molecule has 0 bridgehead atoms. The van der Waals surface area contributed by atoms with Crippen LogP contribution in [0.25, 0.3) is 11.1 Å². The fourth-order valence-corrected chi connectivity index (χ4v) is 3.94. The Hall–Kier alpha value is -2.20. The van der Waals surface area contributed by atoms with E-state index in [-0.39, 0.29) is 12.5 Å². The number of aromatic nitrogens is 1. The molecule has 130 valence electrons. The van der Waals surface area contributed by atoms with Crippen LogP contribution in [0.5, 0.6) is 0 Å². The van der Waals surface area contributed by atoms with Gasteiger partial charge in [0.15, 0.2) is 0 Å². The van der Waals surface area contributed by atoms with E-state index in [1.54, 1.807) is 6.20 Å². The van der Waals surface area contributed by atoms with Gasteiger partial charge < -0.3 is 9.64 Å². The summed E-state index contributed by atoms with van der Waals surface area (Å²) in [5.41, 5.74) is 4.26. The van der Waals surface area contributed by atoms with Crippen molar-refractivity contribution in [3.8, 4) is 11.1 Å². The Morgan fingerprint density at radius 1 is 1.08 bits per heavy atom. The number of fused-ring (bicyclic) bond motifs is 1. The summed E-state index contributed by atoms with van der Waals surface area (Å²) in [6.07, 6.45) is 9.99. The fraction of sp³-hybridized carbons (Fsp3) is 0.429. The molecule has 0 saturated heterocycles. The van der Waals surface area contributed by atoms with Crippen molar-refractivity contribution in [2.75, 3.05) is 18.1 Å². The summed E-state index contributed by atoms with van der Waals surface area (Å²) in [5, 5.41) is 0. The van der Waals surface area contributed by atoms with E-state index in [1.807, 2.05) is 17.2 Å². The number of nitrogens with zero attached hydrogens (tertiary/aromatic N) is 2. The number of pyridine rings is 1. The molecule has 0 spiro atoms. The lowest BCUT2D eigenvalue weighted by Crippen LogP contribution is -2.37. The first-order valence-corrected chi connectivity index (χ1v) is 9.23. The van der Waals surface area contributed by atoms with Crippen LogP contribution in [0.2, 0.25) is 0 Å². The lowest BCUT2D eigenvalue weighted by molar-refractivity contribution is -0.123. The summed E-state index contributed by atoms with van der Waals surface area (Å²) in [6.45, 7) is 1.48. The highest BCUT2D eigenvalue weighted by molar-refractivity contribution is 5.96. The smallest absolute Gasteiger partial charge is 0.253 e. The highest BCUT2D eigenvalue weighted by atomic mass is 16.5. The summed E-state index contributed by atoms with van der Waals surface area (Å²) in [4.78, 5) is 18.9. The molecule has 0 atom stereocenters. The molecule has 1 amide bonds. The van der Waals surface area contributed by atoms with Crippen LogP contribution in [-0.4, -0.2) is 24.0 Å². The predicted octanol–water partition coefficient (Wildman–Crippen LogP) is 4.19. The quantitative estimate of drug-likeness (QED) is 0.844. The number of benzene rings is 1. The van der Waals surface area contributed by atoms with Gasteiger partial charge in [-0.1, -0.05) is 37.5 Å². The van der Waals surface area contributed by atoms with E-state index >= 15 is 0 Å². The monoisotopic (exact) mass is 336 g/mol. The van der Waals surface area contributed by atoms with Gasteiger partial charge in [-0.15, -0.1) is 0 Å². The van der Waals surface area contributed by atoms with Crippen molar-refractivity contribution in [2.45, 2.75) is 38.7 Å². The van der Waals surface area contributed by atoms with Crippen molar-refractivity contribution in [1.29, 1.82) is 0 Å². The molecule has 4 nitrogen and oxygen atoms in total. The van der Waals surface area contributed by atoms with Crippen LogP contribution >= 0.6 is 0 Å². The largest absolute Gasteiger partial charge is 0.367 e. The Labute approximate surface area is 148 Å². The summed E-state index contributed by atoms with van der Waals surface area (Å²) < 4.78 is 5.59. The number of hydrogen-bond donors (Lipinski definition) is 0. The second-order valence-electron chi connectivity index (χ2n) is 7.09. The number of hydrogen-bond acceptors (Lipinski definition) is 3. The van der Waals surface area contributed by atoms with Gasteiger partial charge >= 0.3 is 0 Å². The number of carbonyl (C=O) groups is 1. The van der Waals surface area contributed by atoms with Gasteiger partial charge in [-0.3, -0.25) is 9.78 Å². The topological polar surface area (TPSA) is 42.4 Å². The van der Waals surface area contributed by atoms with Gasteiger partial charge in [-0.05, 0) is 36.5 Å². The van der Waals surface area contributed by atoms with Crippen molar-refractivity contribution in [3.05, 3.63) is 48.3 Å². The van der Waals surface area contributed by atoms with E-state index in [0.29, 0.717) is 12.5 Å². The average molecular weight is 336 g/mol. The molecule has 1 fully saturated rings. The van der Waals surface area contributed by atoms with Crippen molar-refractivity contribution in [2.24, 2.45) is 5.92 Å². The number of anilines is 1. The minimum atomic E-state index is 0.0765. The lowest BCUT2D eigenvalue weighted by atomic mass is 9.88. The van der Waals surface area contributed by atoms with Crippen LogP contribution in [0, 0.1) is 5.92 Å². The van der Waals surface area contributed by atoms with Gasteiger partial charge in [0.1, 0.15) is 6.61 Å². The molecule has 1 saturated carbocycles. The molecule has 4 heteroatoms. The zero-order chi connectivity index (χ0) is 17.1. The summed E-state index contributed by atoms with van der Waals surface area (Å²) in [7, 11) is 0. The van der Waals surface area contributed by atoms with Crippen molar-refractivity contribution < 1.29 is 9.53 Å². The van der Waals surface area contributed by atoms with E-state index in [4.69, 9.17) is 4.74 Å². The second-order valence-corrected chi connectivity index (χ2v) is 7.09. The van der Waals surface area contributed by atoms with Gasteiger partial charge in [0, 0.05) is 35.8 Å². The number of carbonyl (C=O) groups excluding carboxylic acids is 1. The summed E-state index contributed by atoms with van der Waals surface area (Å²) in [6, 6.07) is 10.3. The highest BCUT2D eigenvalue weighted by Gasteiger charge is 2.26. The lowest BCUT2D eigenvalue weighted by Gasteiger charge is -2.30. The van der Waals surface area contributed by atoms with Gasteiger partial charge in [0.25, 0.3) is 5.91 Å². The zero-order valence-corrected chi connectivity index (χ0v) is 14.5. The van der Waals surface area contributed by atoms with E-state index in [0.717, 1.165) is 28.9 Å². The standard InChI is InChI=1S/C21H24N2O2/c24-21-15-25-14-19-9-8-17(18-7-4-10-22-12-18)11-20(19)23(21)13-16-5-2-1-3-6-16/h4,7-12,16H,1-3,5-6,13-15H2. The van der Waals surface area contributed by atoms with Crippen LogP contribution in [0.4, 0.5) is 5.69 Å². The van der Waals surface area contributed by atoms with E-state index in [1.165, 1.54) is 32.1 Å². The van der Waals surface area contributed by atoms with Crippen LogP contribution in [0.3, 0.4) is 0 Å². The minimum absolute atomic E-state index is 0.0765.